The third-order valence-electron chi connectivity index (χ3n) is 3.51. The van der Waals surface area contributed by atoms with E-state index in [0.29, 0.717) is 16.3 Å². The van der Waals surface area contributed by atoms with Gasteiger partial charge in [-0.3, -0.25) is 25.8 Å². The van der Waals surface area contributed by atoms with Crippen molar-refractivity contribution in [2.45, 2.75) is 0 Å². The van der Waals surface area contributed by atoms with Gasteiger partial charge in [-0.15, -0.1) is 0 Å². The topological polar surface area (TPSA) is 122 Å². The van der Waals surface area contributed by atoms with Crippen LogP contribution in [0.1, 0.15) is 10.4 Å². The Kier molecular flexibility index (Phi) is 6.02. The number of carbonyl (C=O) groups is 1. The Balaban J connectivity index is 1.80. The maximum Gasteiger partial charge on any atom is 0.355 e. The SMILES string of the molecule is O=C(NNc1ncnc(Nc2ccc(Cl)cc2)c1[N+](=O)[O-])c1ccc(Br)cc1. The van der Waals surface area contributed by atoms with E-state index in [2.05, 4.69) is 42.1 Å². The van der Waals surface area contributed by atoms with Crippen LogP contribution in [-0.2, 0) is 0 Å². The zero-order valence-corrected chi connectivity index (χ0v) is 16.4. The van der Waals surface area contributed by atoms with Crippen molar-refractivity contribution in [2.24, 2.45) is 0 Å². The van der Waals surface area contributed by atoms with Gasteiger partial charge < -0.3 is 5.32 Å². The van der Waals surface area contributed by atoms with Gasteiger partial charge in [0.05, 0.1) is 4.92 Å². The van der Waals surface area contributed by atoms with Crippen molar-refractivity contribution in [3.05, 3.63) is 80.0 Å². The normalized spacial score (nSPS) is 10.2. The van der Waals surface area contributed by atoms with Gasteiger partial charge >= 0.3 is 5.69 Å². The minimum atomic E-state index is -0.646. The molecule has 28 heavy (non-hydrogen) atoms. The summed E-state index contributed by atoms with van der Waals surface area (Å²) in [5.74, 6) is -0.683. The number of anilines is 3. The van der Waals surface area contributed by atoms with Gasteiger partial charge in [0.2, 0.25) is 11.6 Å². The summed E-state index contributed by atoms with van der Waals surface area (Å²) in [6.07, 6.45) is 1.14. The molecule has 3 N–H and O–H groups in total. The second-order valence-electron chi connectivity index (χ2n) is 5.39. The molecule has 0 bridgehead atoms. The van der Waals surface area contributed by atoms with Crippen LogP contribution in [0.4, 0.5) is 23.0 Å². The van der Waals surface area contributed by atoms with Gasteiger partial charge in [-0.05, 0) is 48.5 Å². The number of hydrazine groups is 1. The van der Waals surface area contributed by atoms with Crippen molar-refractivity contribution in [1.29, 1.82) is 0 Å². The van der Waals surface area contributed by atoms with Crippen molar-refractivity contribution < 1.29 is 9.72 Å². The fourth-order valence-electron chi connectivity index (χ4n) is 2.19. The highest BCUT2D eigenvalue weighted by Crippen LogP contribution is 2.31. The minimum absolute atomic E-state index is 0.0392. The molecule has 1 aromatic heterocycles. The van der Waals surface area contributed by atoms with Crippen LogP contribution >= 0.6 is 27.5 Å². The van der Waals surface area contributed by atoms with Gasteiger partial charge in [-0.1, -0.05) is 27.5 Å². The summed E-state index contributed by atoms with van der Waals surface area (Å²) in [5, 5.41) is 14.9. The van der Waals surface area contributed by atoms with Crippen molar-refractivity contribution in [1.82, 2.24) is 15.4 Å². The number of aromatic nitrogens is 2. The molecule has 0 unspecified atom stereocenters. The Morgan fingerprint density at radius 1 is 1.04 bits per heavy atom. The predicted octanol–water partition coefficient (Wildman–Crippen LogP) is 4.30. The number of nitro groups is 1. The summed E-state index contributed by atoms with van der Waals surface area (Å²) in [6.45, 7) is 0. The van der Waals surface area contributed by atoms with Crippen LogP contribution in [-0.4, -0.2) is 20.8 Å². The number of nitrogens with one attached hydrogen (secondary N) is 3. The van der Waals surface area contributed by atoms with Gasteiger partial charge in [0.25, 0.3) is 5.91 Å². The first-order chi connectivity index (χ1) is 13.4. The maximum atomic E-state index is 12.2. The van der Waals surface area contributed by atoms with E-state index in [1.54, 1.807) is 48.5 Å². The third-order valence-corrected chi connectivity index (χ3v) is 4.29. The molecular weight excluding hydrogens is 452 g/mol. The zero-order valence-electron chi connectivity index (χ0n) is 14.0. The molecule has 0 radical (unpaired) electrons. The van der Waals surface area contributed by atoms with Crippen LogP contribution in [0.3, 0.4) is 0 Å². The first kappa shape index (κ1) is 19.5. The van der Waals surface area contributed by atoms with Crippen LogP contribution in [0, 0.1) is 10.1 Å². The lowest BCUT2D eigenvalue weighted by Crippen LogP contribution is -2.30. The van der Waals surface area contributed by atoms with Crippen molar-refractivity contribution >= 4 is 56.4 Å². The van der Waals surface area contributed by atoms with Gasteiger partial charge in [0.1, 0.15) is 6.33 Å². The first-order valence-corrected chi connectivity index (χ1v) is 8.95. The standard InChI is InChI=1S/C17H12BrClN6O3/c18-11-3-1-10(2-4-11)17(26)24-23-16-14(25(27)28)15(20-9-21-16)22-13-7-5-12(19)6-8-13/h1-9H,(H,24,26)(H2,20,21,22,23). The molecule has 1 amide bonds. The van der Waals surface area contributed by atoms with E-state index >= 15 is 0 Å². The van der Waals surface area contributed by atoms with Crippen LogP contribution in [0.2, 0.25) is 5.02 Å². The molecular formula is C17H12BrClN6O3. The third kappa shape index (κ3) is 4.72. The molecule has 0 aliphatic carbocycles. The molecule has 3 aromatic rings. The Hall–Kier alpha value is -3.24. The van der Waals surface area contributed by atoms with Gasteiger partial charge in [0, 0.05) is 20.7 Å². The van der Waals surface area contributed by atoms with Crippen molar-refractivity contribution in [3.8, 4) is 0 Å². The summed E-state index contributed by atoms with van der Waals surface area (Å²) in [5.41, 5.74) is 5.36. The van der Waals surface area contributed by atoms with E-state index in [4.69, 9.17) is 11.6 Å². The second kappa shape index (κ2) is 8.63. The highest BCUT2D eigenvalue weighted by atomic mass is 79.9. The van der Waals surface area contributed by atoms with Gasteiger partial charge in [-0.25, -0.2) is 9.97 Å². The van der Waals surface area contributed by atoms with Crippen LogP contribution < -0.4 is 16.2 Å². The molecule has 0 saturated heterocycles. The highest BCUT2D eigenvalue weighted by molar-refractivity contribution is 9.10. The number of hydrogen-bond donors (Lipinski definition) is 3. The van der Waals surface area contributed by atoms with Crippen LogP contribution in [0.25, 0.3) is 0 Å². The number of halogens is 2. The molecule has 0 aliphatic heterocycles. The van der Waals surface area contributed by atoms with E-state index in [1.165, 1.54) is 0 Å². The van der Waals surface area contributed by atoms with E-state index in [0.717, 1.165) is 10.8 Å². The largest absolute Gasteiger partial charge is 0.355 e. The smallest absolute Gasteiger partial charge is 0.334 e. The molecule has 142 valence electrons. The van der Waals surface area contributed by atoms with E-state index in [1.807, 2.05) is 0 Å². The molecule has 3 rings (SSSR count). The fraction of sp³-hybridized carbons (Fsp3) is 0. The Morgan fingerprint density at radius 3 is 2.32 bits per heavy atom. The number of carbonyl (C=O) groups excluding carboxylic acids is 1. The number of hydrogen-bond acceptors (Lipinski definition) is 7. The summed E-state index contributed by atoms with van der Waals surface area (Å²) in [4.78, 5) is 30.9. The molecule has 2 aromatic carbocycles. The molecule has 0 spiro atoms. The Morgan fingerprint density at radius 2 is 1.68 bits per heavy atom. The summed E-state index contributed by atoms with van der Waals surface area (Å²) < 4.78 is 0.821. The van der Waals surface area contributed by atoms with Crippen molar-refractivity contribution in [3.63, 3.8) is 0 Å². The summed E-state index contributed by atoms with van der Waals surface area (Å²) in [7, 11) is 0. The molecule has 11 heteroatoms. The quantitative estimate of drug-likeness (QED) is 0.368. The average molecular weight is 464 g/mol. The summed E-state index contributed by atoms with van der Waals surface area (Å²) >= 11 is 9.12. The molecule has 0 atom stereocenters. The fourth-order valence-corrected chi connectivity index (χ4v) is 2.58. The maximum absolute atomic E-state index is 12.2. The highest BCUT2D eigenvalue weighted by Gasteiger charge is 2.23. The van der Waals surface area contributed by atoms with E-state index in [9.17, 15) is 14.9 Å². The average Bonchev–Trinajstić information content (AvgIpc) is 2.68. The zero-order chi connectivity index (χ0) is 20.1. The number of nitrogens with zero attached hydrogens (tertiary/aromatic N) is 3. The number of benzene rings is 2. The van der Waals surface area contributed by atoms with Crippen LogP contribution in [0.15, 0.2) is 59.3 Å². The predicted molar refractivity (Wildman–Crippen MR) is 109 cm³/mol. The molecule has 1 heterocycles. The molecule has 0 fully saturated rings. The number of rotatable bonds is 6. The Bertz CT molecular complexity index is 1010. The minimum Gasteiger partial charge on any atom is -0.334 e. The molecule has 0 saturated carbocycles. The van der Waals surface area contributed by atoms with Gasteiger partial charge in [0.15, 0.2) is 0 Å². The monoisotopic (exact) mass is 462 g/mol. The molecule has 0 aliphatic rings. The lowest BCUT2D eigenvalue weighted by atomic mass is 10.2. The molecule has 9 nitrogen and oxygen atoms in total. The summed E-state index contributed by atoms with van der Waals surface area (Å²) in [6, 6.07) is 13.2. The second-order valence-corrected chi connectivity index (χ2v) is 6.75. The first-order valence-electron chi connectivity index (χ1n) is 7.78. The van der Waals surface area contributed by atoms with E-state index in [-0.39, 0.29) is 11.6 Å². The van der Waals surface area contributed by atoms with Crippen molar-refractivity contribution in [2.75, 3.05) is 10.7 Å². The lowest BCUT2D eigenvalue weighted by molar-refractivity contribution is -0.383. The number of amides is 1. The van der Waals surface area contributed by atoms with Crippen LogP contribution in [0.5, 0.6) is 0 Å². The van der Waals surface area contributed by atoms with E-state index < -0.39 is 16.5 Å². The Labute approximate surface area is 172 Å². The van der Waals surface area contributed by atoms with Gasteiger partial charge in [-0.2, -0.15) is 0 Å². The lowest BCUT2D eigenvalue weighted by Gasteiger charge is -2.11.